The van der Waals surface area contributed by atoms with Crippen molar-refractivity contribution in [1.82, 2.24) is 15.1 Å². The summed E-state index contributed by atoms with van der Waals surface area (Å²) in [5, 5.41) is 2.76. The van der Waals surface area contributed by atoms with Gasteiger partial charge in [0.15, 0.2) is 0 Å². The predicted molar refractivity (Wildman–Crippen MR) is 111 cm³/mol. The molecule has 0 bridgehead atoms. The van der Waals surface area contributed by atoms with Gasteiger partial charge >= 0.3 is 6.03 Å². The number of carbonyl (C=O) groups excluding carboxylic acids is 3. The summed E-state index contributed by atoms with van der Waals surface area (Å²) in [6, 6.07) is 16.5. The van der Waals surface area contributed by atoms with E-state index in [4.69, 9.17) is 0 Å². The average molecular weight is 393 g/mol. The second-order valence-corrected chi connectivity index (χ2v) is 7.91. The summed E-state index contributed by atoms with van der Waals surface area (Å²) >= 11 is 0. The molecule has 0 radical (unpaired) electrons. The van der Waals surface area contributed by atoms with Crippen molar-refractivity contribution in [3.8, 4) is 0 Å². The van der Waals surface area contributed by atoms with E-state index in [1.54, 1.807) is 11.8 Å². The van der Waals surface area contributed by atoms with Gasteiger partial charge in [-0.3, -0.25) is 14.5 Å². The SMILES string of the molecule is Cc1ccc([C@]2(C)NC(=O)N(CC(=O)N(Cc3ccccc3)C(C)C)C2=O)cc1. The van der Waals surface area contributed by atoms with E-state index in [2.05, 4.69) is 5.32 Å². The Bertz CT molecular complexity index is 909. The lowest BCUT2D eigenvalue weighted by molar-refractivity contribution is -0.140. The van der Waals surface area contributed by atoms with E-state index in [0.29, 0.717) is 12.1 Å². The van der Waals surface area contributed by atoms with E-state index < -0.39 is 17.5 Å². The van der Waals surface area contributed by atoms with Crippen molar-refractivity contribution >= 4 is 17.8 Å². The maximum atomic E-state index is 13.1. The molecule has 1 aliphatic heterocycles. The van der Waals surface area contributed by atoms with Gasteiger partial charge in [-0.2, -0.15) is 0 Å². The second-order valence-electron chi connectivity index (χ2n) is 7.91. The molecule has 0 spiro atoms. The molecular formula is C23H27N3O3. The van der Waals surface area contributed by atoms with Gasteiger partial charge in [0.2, 0.25) is 5.91 Å². The van der Waals surface area contributed by atoms with Gasteiger partial charge in [0.05, 0.1) is 0 Å². The van der Waals surface area contributed by atoms with Crippen molar-refractivity contribution in [2.45, 2.75) is 45.8 Å². The number of hydrogen-bond donors (Lipinski definition) is 1. The Morgan fingerprint density at radius 3 is 2.28 bits per heavy atom. The summed E-state index contributed by atoms with van der Waals surface area (Å²) in [6.45, 7) is 7.62. The van der Waals surface area contributed by atoms with Gasteiger partial charge in [0.25, 0.3) is 5.91 Å². The van der Waals surface area contributed by atoms with E-state index in [9.17, 15) is 14.4 Å². The van der Waals surface area contributed by atoms with E-state index in [-0.39, 0.29) is 18.5 Å². The fraction of sp³-hybridized carbons (Fsp3) is 0.348. The minimum absolute atomic E-state index is 0.0630. The van der Waals surface area contributed by atoms with Gasteiger partial charge in [0.1, 0.15) is 12.1 Å². The fourth-order valence-electron chi connectivity index (χ4n) is 3.49. The van der Waals surface area contributed by atoms with Gasteiger partial charge < -0.3 is 10.2 Å². The van der Waals surface area contributed by atoms with Gasteiger partial charge in [0, 0.05) is 12.6 Å². The minimum Gasteiger partial charge on any atom is -0.334 e. The largest absolute Gasteiger partial charge is 0.334 e. The van der Waals surface area contributed by atoms with E-state index in [1.807, 2.05) is 75.4 Å². The van der Waals surface area contributed by atoms with Gasteiger partial charge in [-0.15, -0.1) is 0 Å². The summed E-state index contributed by atoms with van der Waals surface area (Å²) in [5.74, 6) is -0.677. The molecule has 1 aliphatic rings. The number of carbonyl (C=O) groups is 3. The van der Waals surface area contributed by atoms with Crippen molar-refractivity contribution in [1.29, 1.82) is 0 Å². The van der Waals surface area contributed by atoms with Crippen molar-refractivity contribution in [3.63, 3.8) is 0 Å². The van der Waals surface area contributed by atoms with Crippen LogP contribution in [0.25, 0.3) is 0 Å². The van der Waals surface area contributed by atoms with Crippen LogP contribution in [0, 0.1) is 6.92 Å². The molecule has 1 heterocycles. The van der Waals surface area contributed by atoms with Gasteiger partial charge in [-0.25, -0.2) is 4.79 Å². The maximum absolute atomic E-state index is 13.1. The van der Waals surface area contributed by atoms with Crippen LogP contribution in [0.3, 0.4) is 0 Å². The first-order chi connectivity index (χ1) is 13.7. The van der Waals surface area contributed by atoms with Crippen molar-refractivity contribution in [2.24, 2.45) is 0 Å². The van der Waals surface area contributed by atoms with Crippen LogP contribution in [0.15, 0.2) is 54.6 Å². The summed E-state index contributed by atoms with van der Waals surface area (Å²) in [7, 11) is 0. The highest BCUT2D eigenvalue weighted by molar-refractivity contribution is 6.09. The third kappa shape index (κ3) is 4.16. The zero-order valence-corrected chi connectivity index (χ0v) is 17.3. The molecule has 0 aliphatic carbocycles. The molecule has 2 aromatic rings. The Balaban J connectivity index is 1.77. The zero-order chi connectivity index (χ0) is 21.2. The van der Waals surface area contributed by atoms with Crippen molar-refractivity contribution < 1.29 is 14.4 Å². The molecule has 1 saturated heterocycles. The number of nitrogens with one attached hydrogen (secondary N) is 1. The van der Waals surface area contributed by atoms with Crippen LogP contribution >= 0.6 is 0 Å². The molecule has 0 saturated carbocycles. The molecule has 29 heavy (non-hydrogen) atoms. The van der Waals surface area contributed by atoms with E-state index in [1.165, 1.54) is 0 Å². The molecule has 152 valence electrons. The Labute approximate surface area is 171 Å². The summed E-state index contributed by atoms with van der Waals surface area (Å²) in [5.41, 5.74) is 1.58. The quantitative estimate of drug-likeness (QED) is 0.766. The van der Waals surface area contributed by atoms with Crippen LogP contribution in [0.2, 0.25) is 0 Å². The van der Waals surface area contributed by atoms with Crippen molar-refractivity contribution in [2.75, 3.05) is 6.54 Å². The lowest BCUT2D eigenvalue weighted by Gasteiger charge is -2.28. The highest BCUT2D eigenvalue weighted by atomic mass is 16.2. The van der Waals surface area contributed by atoms with Crippen LogP contribution in [-0.2, 0) is 21.7 Å². The van der Waals surface area contributed by atoms with Crippen LogP contribution < -0.4 is 5.32 Å². The van der Waals surface area contributed by atoms with Crippen LogP contribution in [0.4, 0.5) is 4.79 Å². The maximum Gasteiger partial charge on any atom is 0.325 e. The fourth-order valence-corrected chi connectivity index (χ4v) is 3.49. The molecule has 2 aromatic carbocycles. The zero-order valence-electron chi connectivity index (χ0n) is 17.3. The number of hydrogen-bond acceptors (Lipinski definition) is 3. The lowest BCUT2D eigenvalue weighted by Crippen LogP contribution is -2.46. The standard InChI is InChI=1S/C23H27N3O3/c1-16(2)25(14-18-8-6-5-7-9-18)20(27)15-26-21(28)23(4,24-22(26)29)19-12-10-17(3)11-13-19/h5-13,16H,14-15H2,1-4H3,(H,24,29)/t23-/m0/s1. The number of urea groups is 1. The second kappa shape index (κ2) is 8.07. The number of amides is 4. The summed E-state index contributed by atoms with van der Waals surface area (Å²) in [4.78, 5) is 41.3. The van der Waals surface area contributed by atoms with Crippen LogP contribution in [0.1, 0.15) is 37.5 Å². The van der Waals surface area contributed by atoms with Gasteiger partial charge in [-0.05, 0) is 38.8 Å². The number of nitrogens with zero attached hydrogens (tertiary/aromatic N) is 2. The summed E-state index contributed by atoms with van der Waals surface area (Å²) in [6.07, 6.45) is 0. The van der Waals surface area contributed by atoms with Gasteiger partial charge in [-0.1, -0.05) is 60.2 Å². The molecule has 0 aromatic heterocycles. The third-order valence-electron chi connectivity index (χ3n) is 5.34. The molecular weight excluding hydrogens is 366 g/mol. The number of aryl methyl sites for hydroxylation is 1. The molecule has 6 heteroatoms. The Morgan fingerprint density at radius 1 is 1.07 bits per heavy atom. The monoisotopic (exact) mass is 393 g/mol. The van der Waals surface area contributed by atoms with E-state index >= 15 is 0 Å². The minimum atomic E-state index is -1.17. The third-order valence-corrected chi connectivity index (χ3v) is 5.34. The normalized spacial score (nSPS) is 18.9. The van der Waals surface area contributed by atoms with Crippen LogP contribution in [0.5, 0.6) is 0 Å². The first-order valence-electron chi connectivity index (χ1n) is 9.77. The number of rotatable bonds is 6. The molecule has 6 nitrogen and oxygen atoms in total. The topological polar surface area (TPSA) is 69.7 Å². The Morgan fingerprint density at radius 2 is 1.69 bits per heavy atom. The molecule has 0 unspecified atom stereocenters. The van der Waals surface area contributed by atoms with E-state index in [0.717, 1.165) is 16.0 Å². The number of benzene rings is 2. The van der Waals surface area contributed by atoms with Crippen LogP contribution in [-0.4, -0.2) is 40.2 Å². The molecule has 4 amide bonds. The highest BCUT2D eigenvalue weighted by Gasteiger charge is 2.49. The molecule has 1 fully saturated rings. The molecule has 3 rings (SSSR count). The molecule has 1 atom stereocenters. The molecule has 1 N–H and O–H groups in total. The average Bonchev–Trinajstić information content (AvgIpc) is 2.91. The Hall–Kier alpha value is -3.15. The Kier molecular flexibility index (Phi) is 5.73. The van der Waals surface area contributed by atoms with Crippen molar-refractivity contribution in [3.05, 3.63) is 71.3 Å². The number of imide groups is 1. The first-order valence-corrected chi connectivity index (χ1v) is 9.77. The highest BCUT2D eigenvalue weighted by Crippen LogP contribution is 2.29. The summed E-state index contributed by atoms with van der Waals surface area (Å²) < 4.78 is 0. The smallest absolute Gasteiger partial charge is 0.325 e. The first kappa shape index (κ1) is 20.6. The predicted octanol–water partition coefficient (Wildman–Crippen LogP) is 3.20. The lowest BCUT2D eigenvalue weighted by atomic mass is 9.91.